The monoisotopic (exact) mass is 468 g/mol. The number of ether oxygens (including phenoxy) is 4. The second kappa shape index (κ2) is 10.9. The Morgan fingerprint density at radius 3 is 1.70 bits per heavy atom. The molecule has 0 spiro atoms. The topological polar surface area (TPSA) is 88.1 Å². The van der Waals surface area contributed by atoms with Crippen molar-refractivity contribution in [1.29, 1.82) is 0 Å². The number of Topliss-reactive ketones (excluding diaryl/α,β-unsaturated/α-hetero) is 2. The van der Waals surface area contributed by atoms with Gasteiger partial charge in [0.25, 0.3) is 0 Å². The van der Waals surface area contributed by atoms with Gasteiger partial charge in [-0.2, -0.15) is 0 Å². The van der Waals surface area contributed by atoms with E-state index < -0.39 is 11.8 Å². The molecule has 0 amide bonds. The molecule has 2 aromatic carbocycles. The first-order valence-electron chi connectivity index (χ1n) is 10.1. The molecule has 1 aliphatic rings. The summed E-state index contributed by atoms with van der Waals surface area (Å²) in [5.74, 6) is 0.329. The fourth-order valence-corrected chi connectivity index (χ4v) is 4.43. The summed E-state index contributed by atoms with van der Waals surface area (Å²) >= 11 is 1.15. The summed E-state index contributed by atoms with van der Waals surface area (Å²) in [5, 5.41) is 0. The third kappa shape index (κ3) is 5.12. The number of rotatable bonds is 9. The normalized spacial score (nSPS) is 13.8. The molecule has 33 heavy (non-hydrogen) atoms. The van der Waals surface area contributed by atoms with E-state index in [1.165, 1.54) is 14.2 Å². The van der Waals surface area contributed by atoms with Gasteiger partial charge < -0.3 is 18.9 Å². The number of allylic oxidation sites excluding steroid dienone is 3. The molecule has 0 saturated carbocycles. The zero-order valence-electron chi connectivity index (χ0n) is 18.8. The third-order valence-electron chi connectivity index (χ3n) is 5.06. The smallest absolute Gasteiger partial charge is 0.306 e. The second-order valence-corrected chi connectivity index (χ2v) is 8.01. The van der Waals surface area contributed by atoms with Gasteiger partial charge in [-0.3, -0.25) is 14.4 Å². The van der Waals surface area contributed by atoms with E-state index in [0.29, 0.717) is 22.6 Å². The first-order chi connectivity index (χ1) is 15.9. The van der Waals surface area contributed by atoms with E-state index in [9.17, 15) is 14.4 Å². The number of benzene rings is 2. The van der Waals surface area contributed by atoms with E-state index in [1.54, 1.807) is 62.8 Å². The molecule has 3 rings (SSSR count). The van der Waals surface area contributed by atoms with Crippen LogP contribution in [0.25, 0.3) is 11.1 Å². The Kier molecular flexibility index (Phi) is 7.95. The summed E-state index contributed by atoms with van der Waals surface area (Å²) in [4.78, 5) is 39.1. The summed E-state index contributed by atoms with van der Waals surface area (Å²) in [7, 11) is 5.76. The number of esters is 1. The van der Waals surface area contributed by atoms with Crippen molar-refractivity contribution in [3.05, 3.63) is 70.3 Å². The molecule has 1 aliphatic carbocycles. The van der Waals surface area contributed by atoms with Crippen molar-refractivity contribution in [2.24, 2.45) is 0 Å². The highest BCUT2D eigenvalue weighted by Gasteiger charge is 2.37. The second-order valence-electron chi connectivity index (χ2n) is 6.90. The van der Waals surface area contributed by atoms with Gasteiger partial charge in [-0.1, -0.05) is 24.3 Å². The standard InChI is InChI=1S/C25H24O7S/c1-29-17-9-5-15(6-10-17)20-23(28)25(33-14-13-19(26)31-3)21(22(27)24(20)32-4)16-7-11-18(30-2)12-8-16/h5-12H,13-14H2,1-4H3. The molecule has 8 heteroatoms. The van der Waals surface area contributed by atoms with Crippen LogP contribution in [-0.2, 0) is 23.9 Å². The van der Waals surface area contributed by atoms with E-state index >= 15 is 0 Å². The van der Waals surface area contributed by atoms with Crippen LogP contribution in [0.5, 0.6) is 11.5 Å². The van der Waals surface area contributed by atoms with E-state index in [-0.39, 0.29) is 39.8 Å². The van der Waals surface area contributed by atoms with Crippen molar-refractivity contribution >= 4 is 40.4 Å². The Morgan fingerprint density at radius 1 is 0.727 bits per heavy atom. The number of carbonyl (C=O) groups excluding carboxylic acids is 3. The van der Waals surface area contributed by atoms with Crippen molar-refractivity contribution < 1.29 is 33.3 Å². The lowest BCUT2D eigenvalue weighted by Gasteiger charge is -2.23. The van der Waals surface area contributed by atoms with E-state index in [0.717, 1.165) is 11.8 Å². The van der Waals surface area contributed by atoms with Crippen molar-refractivity contribution in [3.8, 4) is 11.5 Å². The van der Waals surface area contributed by atoms with Gasteiger partial charge >= 0.3 is 5.97 Å². The molecule has 0 N–H and O–H groups in total. The maximum atomic E-state index is 13.7. The van der Waals surface area contributed by atoms with Crippen LogP contribution in [0.3, 0.4) is 0 Å². The fourth-order valence-electron chi connectivity index (χ4n) is 3.37. The molecule has 0 aromatic heterocycles. The highest BCUT2D eigenvalue weighted by Crippen LogP contribution is 2.41. The highest BCUT2D eigenvalue weighted by atomic mass is 32.2. The average Bonchev–Trinajstić information content (AvgIpc) is 2.85. The van der Waals surface area contributed by atoms with Crippen molar-refractivity contribution in [2.45, 2.75) is 6.42 Å². The lowest BCUT2D eigenvalue weighted by molar-refractivity contribution is -0.140. The van der Waals surface area contributed by atoms with Gasteiger partial charge in [0.15, 0.2) is 5.76 Å². The van der Waals surface area contributed by atoms with Crippen LogP contribution in [0.1, 0.15) is 17.5 Å². The van der Waals surface area contributed by atoms with Crippen LogP contribution in [0.15, 0.2) is 59.2 Å². The van der Waals surface area contributed by atoms with Crippen molar-refractivity contribution in [1.82, 2.24) is 0 Å². The molecular weight excluding hydrogens is 444 g/mol. The minimum absolute atomic E-state index is 0.0340. The lowest BCUT2D eigenvalue weighted by Crippen LogP contribution is -2.23. The number of hydrogen-bond acceptors (Lipinski definition) is 8. The minimum atomic E-state index is -0.409. The van der Waals surface area contributed by atoms with Gasteiger partial charge in [-0.25, -0.2) is 0 Å². The molecule has 0 saturated heterocycles. The first kappa shape index (κ1) is 24.1. The van der Waals surface area contributed by atoms with E-state index in [1.807, 2.05) is 0 Å². The third-order valence-corrected chi connectivity index (χ3v) is 6.15. The quantitative estimate of drug-likeness (QED) is 0.404. The predicted molar refractivity (Wildman–Crippen MR) is 126 cm³/mol. The molecule has 0 heterocycles. The zero-order valence-corrected chi connectivity index (χ0v) is 19.6. The highest BCUT2D eigenvalue weighted by molar-refractivity contribution is 8.04. The van der Waals surface area contributed by atoms with Crippen LogP contribution >= 0.6 is 11.8 Å². The minimum Gasteiger partial charge on any atom is -0.497 e. The zero-order chi connectivity index (χ0) is 24.0. The van der Waals surface area contributed by atoms with Crippen LogP contribution in [0.2, 0.25) is 0 Å². The van der Waals surface area contributed by atoms with E-state index in [2.05, 4.69) is 0 Å². The van der Waals surface area contributed by atoms with Gasteiger partial charge in [0, 0.05) is 5.75 Å². The fraction of sp³-hybridized carbons (Fsp3) is 0.240. The van der Waals surface area contributed by atoms with E-state index in [4.69, 9.17) is 18.9 Å². The summed E-state index contributed by atoms with van der Waals surface area (Å²) in [5.41, 5.74) is 1.48. The number of thioether (sulfide) groups is 1. The molecular formula is C25H24O7S. The first-order valence-corrected chi connectivity index (χ1v) is 11.0. The Hall–Kier alpha value is -3.52. The maximum absolute atomic E-state index is 13.7. The van der Waals surface area contributed by atoms with Crippen LogP contribution in [0.4, 0.5) is 0 Å². The number of carbonyl (C=O) groups is 3. The molecule has 2 aromatic rings. The maximum Gasteiger partial charge on any atom is 0.306 e. The SMILES string of the molecule is COC(=O)CCSC1=C(c2ccc(OC)cc2)C(=O)C(OC)=C(c2ccc(OC)cc2)C1=O. The average molecular weight is 469 g/mol. The van der Waals surface area contributed by atoms with Gasteiger partial charge in [0.2, 0.25) is 11.6 Å². The van der Waals surface area contributed by atoms with Crippen LogP contribution < -0.4 is 9.47 Å². The lowest BCUT2D eigenvalue weighted by atomic mass is 9.87. The van der Waals surface area contributed by atoms with Gasteiger partial charge in [0.05, 0.1) is 50.9 Å². The Bertz CT molecular complexity index is 1110. The van der Waals surface area contributed by atoms with Crippen molar-refractivity contribution in [2.75, 3.05) is 34.2 Å². The number of hydrogen-bond donors (Lipinski definition) is 0. The largest absolute Gasteiger partial charge is 0.497 e. The Balaban J connectivity index is 2.11. The molecule has 7 nitrogen and oxygen atoms in total. The molecule has 0 fully saturated rings. The molecule has 0 radical (unpaired) electrons. The summed E-state index contributed by atoms with van der Waals surface area (Å²) in [6, 6.07) is 13.7. The summed E-state index contributed by atoms with van der Waals surface area (Å²) in [6.45, 7) is 0. The van der Waals surface area contributed by atoms with Gasteiger partial charge in [0.1, 0.15) is 11.5 Å². The molecule has 0 bridgehead atoms. The molecule has 0 unspecified atom stereocenters. The number of methoxy groups -OCH3 is 4. The summed E-state index contributed by atoms with van der Waals surface area (Å²) < 4.78 is 20.5. The predicted octanol–water partition coefficient (Wildman–Crippen LogP) is 3.92. The van der Waals surface area contributed by atoms with Gasteiger partial charge in [-0.05, 0) is 35.4 Å². The van der Waals surface area contributed by atoms with Crippen LogP contribution in [-0.4, -0.2) is 51.7 Å². The molecule has 0 atom stereocenters. The van der Waals surface area contributed by atoms with Crippen LogP contribution in [0, 0.1) is 0 Å². The Labute approximate surface area is 196 Å². The molecule has 0 aliphatic heterocycles. The van der Waals surface area contributed by atoms with Crippen molar-refractivity contribution in [3.63, 3.8) is 0 Å². The Morgan fingerprint density at radius 2 is 1.24 bits per heavy atom. The molecule has 172 valence electrons. The number of ketones is 2. The summed E-state index contributed by atoms with van der Waals surface area (Å²) in [6.07, 6.45) is 0.0980. The van der Waals surface area contributed by atoms with Gasteiger partial charge in [-0.15, -0.1) is 11.8 Å².